The quantitative estimate of drug-likeness (QED) is 0.720. The highest BCUT2D eigenvalue weighted by Crippen LogP contribution is 2.26. The summed E-state index contributed by atoms with van der Waals surface area (Å²) in [5.74, 6) is 0.371. The molecule has 108 valence electrons. The molecule has 0 unspecified atom stereocenters. The van der Waals surface area contributed by atoms with E-state index in [1.54, 1.807) is 25.3 Å². The molecule has 0 atom stereocenters. The molecule has 0 spiro atoms. The first-order chi connectivity index (χ1) is 9.51. The van der Waals surface area contributed by atoms with E-state index in [1.165, 1.54) is 18.1 Å². The second-order valence-corrected chi connectivity index (χ2v) is 4.12. The fraction of sp³-hybridized carbons (Fsp3) is 0.286. The van der Waals surface area contributed by atoms with E-state index < -0.39 is 0 Å². The van der Waals surface area contributed by atoms with E-state index in [2.05, 4.69) is 5.32 Å². The SMILES string of the molecule is CCN(C)C(=O)N/C(C=N)=C\c1ccc(O)c(OC)c1. The number of carbonyl (C=O) groups is 1. The standard InChI is InChI=1S/C14H19N3O3/c1-4-17(2)14(19)16-11(9-15)7-10-5-6-12(18)13(8-10)20-3/h5-9,15,18H,4H2,1-3H3,(H,16,19)/b11-7-,15-9?. The van der Waals surface area contributed by atoms with Crippen LogP contribution in [0.2, 0.25) is 0 Å². The van der Waals surface area contributed by atoms with Crippen molar-refractivity contribution >= 4 is 18.3 Å². The number of methoxy groups -OCH3 is 1. The molecule has 0 saturated carbocycles. The van der Waals surface area contributed by atoms with Crippen molar-refractivity contribution in [2.45, 2.75) is 6.92 Å². The Morgan fingerprint density at radius 2 is 2.25 bits per heavy atom. The predicted molar refractivity (Wildman–Crippen MR) is 78.3 cm³/mol. The van der Waals surface area contributed by atoms with E-state index in [1.807, 2.05) is 6.92 Å². The Labute approximate surface area is 118 Å². The van der Waals surface area contributed by atoms with Gasteiger partial charge in [0.15, 0.2) is 11.5 Å². The van der Waals surface area contributed by atoms with Crippen molar-refractivity contribution < 1.29 is 14.6 Å². The van der Waals surface area contributed by atoms with Crippen LogP contribution in [-0.2, 0) is 0 Å². The molecule has 6 heteroatoms. The van der Waals surface area contributed by atoms with Crippen molar-refractivity contribution in [1.82, 2.24) is 10.2 Å². The molecule has 0 saturated heterocycles. The topological polar surface area (TPSA) is 85.7 Å². The predicted octanol–water partition coefficient (Wildman–Crippen LogP) is 2.05. The average Bonchev–Trinajstić information content (AvgIpc) is 2.47. The number of urea groups is 1. The second kappa shape index (κ2) is 7.18. The molecule has 2 amide bonds. The first-order valence-electron chi connectivity index (χ1n) is 6.13. The van der Waals surface area contributed by atoms with Crippen molar-refractivity contribution in [3.8, 4) is 11.5 Å². The summed E-state index contributed by atoms with van der Waals surface area (Å²) in [6, 6.07) is 4.49. The summed E-state index contributed by atoms with van der Waals surface area (Å²) in [6.07, 6.45) is 2.68. The average molecular weight is 277 g/mol. The lowest BCUT2D eigenvalue weighted by Gasteiger charge is -2.15. The van der Waals surface area contributed by atoms with Crippen molar-refractivity contribution in [3.63, 3.8) is 0 Å². The molecule has 0 aliphatic carbocycles. The van der Waals surface area contributed by atoms with E-state index in [0.717, 1.165) is 6.21 Å². The van der Waals surface area contributed by atoms with Crippen LogP contribution in [0.1, 0.15) is 12.5 Å². The molecule has 0 aromatic heterocycles. The van der Waals surface area contributed by atoms with Crippen LogP contribution in [0.5, 0.6) is 11.5 Å². The molecule has 1 rings (SSSR count). The van der Waals surface area contributed by atoms with E-state index in [4.69, 9.17) is 10.1 Å². The van der Waals surface area contributed by atoms with Gasteiger partial charge < -0.3 is 25.5 Å². The number of rotatable bonds is 5. The monoisotopic (exact) mass is 277 g/mol. The largest absolute Gasteiger partial charge is 0.504 e. The van der Waals surface area contributed by atoms with Gasteiger partial charge in [0.2, 0.25) is 0 Å². The fourth-order valence-electron chi connectivity index (χ4n) is 1.44. The van der Waals surface area contributed by atoms with Gasteiger partial charge in [-0.2, -0.15) is 0 Å². The van der Waals surface area contributed by atoms with Crippen molar-refractivity contribution in [2.24, 2.45) is 0 Å². The molecule has 0 fully saturated rings. The van der Waals surface area contributed by atoms with Crippen molar-refractivity contribution in [1.29, 1.82) is 5.41 Å². The molecule has 1 aromatic carbocycles. The number of nitrogens with one attached hydrogen (secondary N) is 2. The van der Waals surface area contributed by atoms with Crippen LogP contribution in [0.4, 0.5) is 4.79 Å². The van der Waals surface area contributed by atoms with E-state index in [-0.39, 0.29) is 11.8 Å². The highest BCUT2D eigenvalue weighted by molar-refractivity contribution is 5.90. The zero-order valence-corrected chi connectivity index (χ0v) is 11.8. The lowest BCUT2D eigenvalue weighted by molar-refractivity contribution is 0.214. The minimum absolute atomic E-state index is 0.0378. The summed E-state index contributed by atoms with van der Waals surface area (Å²) in [7, 11) is 3.12. The number of ether oxygens (including phenoxy) is 1. The Hall–Kier alpha value is -2.50. The third kappa shape index (κ3) is 4.01. The van der Waals surface area contributed by atoms with Gasteiger partial charge in [0.05, 0.1) is 12.8 Å². The number of phenols is 1. The van der Waals surface area contributed by atoms with Gasteiger partial charge in [-0.05, 0) is 30.7 Å². The summed E-state index contributed by atoms with van der Waals surface area (Å²) in [5.41, 5.74) is 1.06. The van der Waals surface area contributed by atoms with Crippen molar-refractivity contribution in [3.05, 3.63) is 29.5 Å². The van der Waals surface area contributed by atoms with Gasteiger partial charge in [0.1, 0.15) is 0 Å². The number of hydrogen-bond donors (Lipinski definition) is 3. The summed E-state index contributed by atoms with van der Waals surface area (Å²) in [5, 5.41) is 19.5. The molecule has 0 radical (unpaired) electrons. The van der Waals surface area contributed by atoms with E-state index in [9.17, 15) is 9.90 Å². The molecule has 3 N–H and O–H groups in total. The Bertz CT molecular complexity index is 526. The minimum Gasteiger partial charge on any atom is -0.504 e. The zero-order valence-electron chi connectivity index (χ0n) is 11.8. The summed E-state index contributed by atoms with van der Waals surface area (Å²) in [6.45, 7) is 2.43. The third-order valence-electron chi connectivity index (χ3n) is 2.75. The van der Waals surface area contributed by atoms with Gasteiger partial charge in [-0.1, -0.05) is 6.07 Å². The molecular weight excluding hydrogens is 258 g/mol. The van der Waals surface area contributed by atoms with E-state index in [0.29, 0.717) is 23.6 Å². The fourth-order valence-corrected chi connectivity index (χ4v) is 1.44. The van der Waals surface area contributed by atoms with Gasteiger partial charge >= 0.3 is 6.03 Å². The lowest BCUT2D eigenvalue weighted by Crippen LogP contribution is -2.36. The van der Waals surface area contributed by atoms with Crippen LogP contribution >= 0.6 is 0 Å². The number of hydrogen-bond acceptors (Lipinski definition) is 4. The van der Waals surface area contributed by atoms with Gasteiger partial charge in [-0.3, -0.25) is 0 Å². The maximum absolute atomic E-state index is 11.7. The van der Waals surface area contributed by atoms with Gasteiger partial charge in [0.25, 0.3) is 0 Å². The molecule has 0 aliphatic heterocycles. The first-order valence-corrected chi connectivity index (χ1v) is 6.13. The van der Waals surface area contributed by atoms with Gasteiger partial charge in [-0.15, -0.1) is 0 Å². The zero-order chi connectivity index (χ0) is 15.1. The van der Waals surface area contributed by atoms with E-state index >= 15 is 0 Å². The molecule has 6 nitrogen and oxygen atoms in total. The van der Waals surface area contributed by atoms with Crippen LogP contribution in [0.15, 0.2) is 23.9 Å². The maximum Gasteiger partial charge on any atom is 0.321 e. The number of allylic oxidation sites excluding steroid dienone is 1. The number of amides is 2. The van der Waals surface area contributed by atoms with Crippen LogP contribution in [0.3, 0.4) is 0 Å². The molecule has 0 bridgehead atoms. The summed E-state index contributed by atoms with van der Waals surface area (Å²) < 4.78 is 5.01. The number of phenolic OH excluding ortho intramolecular Hbond substituents is 1. The van der Waals surface area contributed by atoms with Crippen LogP contribution in [0, 0.1) is 5.41 Å². The molecule has 20 heavy (non-hydrogen) atoms. The molecule has 0 heterocycles. The molecule has 1 aromatic rings. The number of nitrogens with zero attached hydrogens (tertiary/aromatic N) is 1. The Morgan fingerprint density at radius 3 is 2.80 bits per heavy atom. The Morgan fingerprint density at radius 1 is 1.55 bits per heavy atom. The Kier molecular flexibility index (Phi) is 5.58. The smallest absolute Gasteiger partial charge is 0.321 e. The second-order valence-electron chi connectivity index (χ2n) is 4.12. The minimum atomic E-state index is -0.284. The van der Waals surface area contributed by atoms with Crippen LogP contribution in [-0.4, -0.2) is 43.0 Å². The molecular formula is C14H19N3O3. The van der Waals surface area contributed by atoms with Gasteiger partial charge in [-0.25, -0.2) is 4.79 Å². The summed E-state index contributed by atoms with van der Waals surface area (Å²) >= 11 is 0. The normalized spacial score (nSPS) is 10.8. The molecule has 0 aliphatic rings. The maximum atomic E-state index is 11.7. The van der Waals surface area contributed by atoms with Crippen molar-refractivity contribution in [2.75, 3.05) is 20.7 Å². The number of benzene rings is 1. The first kappa shape index (κ1) is 15.6. The highest BCUT2D eigenvalue weighted by Gasteiger charge is 2.07. The lowest BCUT2D eigenvalue weighted by atomic mass is 10.1. The highest BCUT2D eigenvalue weighted by atomic mass is 16.5. The third-order valence-corrected chi connectivity index (χ3v) is 2.75. The van der Waals surface area contributed by atoms with Gasteiger partial charge in [0, 0.05) is 19.8 Å². The van der Waals surface area contributed by atoms with Crippen LogP contribution in [0.25, 0.3) is 6.08 Å². The Balaban J connectivity index is 2.94. The summed E-state index contributed by atoms with van der Waals surface area (Å²) in [4.78, 5) is 13.2. The van der Waals surface area contributed by atoms with Crippen LogP contribution < -0.4 is 10.1 Å². The number of carbonyl (C=O) groups excluding carboxylic acids is 1. The number of aromatic hydroxyl groups is 1.